The predicted molar refractivity (Wildman–Crippen MR) is 25.8 cm³/mol. The van der Waals surface area contributed by atoms with Gasteiger partial charge in [-0.1, -0.05) is 0 Å². The van der Waals surface area contributed by atoms with E-state index in [0.717, 1.165) is 0 Å². The van der Waals surface area contributed by atoms with E-state index in [1.54, 1.807) is 0 Å². The van der Waals surface area contributed by atoms with E-state index in [2.05, 4.69) is 14.8 Å². The van der Waals surface area contributed by atoms with Gasteiger partial charge in [-0.3, -0.25) is 4.70 Å². The third kappa shape index (κ3) is 66.3. The number of halogens is 1. The van der Waals surface area contributed by atoms with Crippen LogP contribution in [0.15, 0.2) is 0 Å². The van der Waals surface area contributed by atoms with E-state index in [1.165, 1.54) is 0 Å². The molecule has 0 aromatic rings. The van der Waals surface area contributed by atoms with Crippen molar-refractivity contribution < 1.29 is 4.70 Å². The van der Waals surface area contributed by atoms with Crippen LogP contribution in [-0.2, 0) is 0 Å². The van der Waals surface area contributed by atoms with Crippen molar-refractivity contribution in [1.82, 2.24) is 0 Å². The van der Waals surface area contributed by atoms with Crippen LogP contribution in [0.5, 0.6) is 0 Å². The Morgan fingerprint density at radius 1 is 1.00 bits per heavy atom. The van der Waals surface area contributed by atoms with Crippen LogP contribution in [0.25, 0.3) is 0 Å². The normalized spacial score (nSPS) is 7.20. The van der Waals surface area contributed by atoms with Gasteiger partial charge in [-0.05, 0) is 0 Å². The summed E-state index contributed by atoms with van der Waals surface area (Å²) in [5, 5.41) is 0. The van der Waals surface area contributed by atoms with Gasteiger partial charge < -0.3 is 0 Å². The molecule has 0 aliphatic heterocycles. The van der Waals surface area contributed by atoms with Crippen molar-refractivity contribution in [2.75, 3.05) is 0 Å². The minimum absolute atomic E-state index is 0. The van der Waals surface area contributed by atoms with Crippen LogP contribution in [0.1, 0.15) is 0 Å². The minimum atomic E-state index is -0.543. The summed E-state index contributed by atoms with van der Waals surface area (Å²) in [6, 6.07) is 0. The summed E-state index contributed by atoms with van der Waals surface area (Å²) >= 11 is -0.543. The van der Waals surface area contributed by atoms with Gasteiger partial charge in [-0.15, -0.1) is 0 Å². The third-order valence-corrected chi connectivity index (χ3v) is 0. The van der Waals surface area contributed by atoms with E-state index in [1.807, 2.05) is 0 Å². The summed E-state index contributed by atoms with van der Waals surface area (Å²) in [5.41, 5.74) is 0. The van der Waals surface area contributed by atoms with Gasteiger partial charge in [0.05, 0.1) is 0 Å². The molecule has 0 fully saturated rings. The first kappa shape index (κ1) is 9.21. The van der Waals surface area contributed by atoms with E-state index in [9.17, 15) is 0 Å². The zero-order valence-electron chi connectivity index (χ0n) is 3.91. The summed E-state index contributed by atoms with van der Waals surface area (Å²) in [6.07, 6.45) is 0. The monoisotopic (exact) mass is 185 g/mol. The molecule has 0 N–H and O–H groups in total. The quantitative estimate of drug-likeness (QED) is 0.500. The van der Waals surface area contributed by atoms with Gasteiger partial charge in [0, 0.05) is 0 Å². The maximum atomic E-state index is 2.36. The van der Waals surface area contributed by atoms with Crippen molar-refractivity contribution in [3.63, 3.8) is 0 Å². The molecule has 0 rings (SSSR count). The summed E-state index contributed by atoms with van der Waals surface area (Å²) < 4.78 is 0. The predicted octanol–water partition coefficient (Wildman–Crippen LogP) is 1.52. The molecule has 0 aromatic carbocycles. The second kappa shape index (κ2) is 4.73. The van der Waals surface area contributed by atoms with Crippen molar-refractivity contribution in [3.05, 3.63) is 0 Å². The zero-order chi connectivity index (χ0) is 3.58. The summed E-state index contributed by atoms with van der Waals surface area (Å²) in [6.45, 7) is 0. The molecular weight excluding hydrogens is 174 g/mol. The second-order valence-corrected chi connectivity index (χ2v) is 10.1. The fourth-order valence-electron chi connectivity index (χ4n) is 0. The van der Waals surface area contributed by atoms with Crippen LogP contribution in [0.4, 0.5) is 4.70 Å². The van der Waals surface area contributed by atoms with E-state index in [-0.39, 0.29) is 4.70 Å². The van der Waals surface area contributed by atoms with Gasteiger partial charge in [-0.2, -0.15) is 0 Å². The van der Waals surface area contributed by atoms with Crippen LogP contribution in [-0.4, -0.2) is 19.8 Å². The molecule has 0 saturated carbocycles. The molecule has 0 heterocycles. The molecule has 0 amide bonds. The first-order chi connectivity index (χ1) is 1.73. The molecule has 0 unspecified atom stereocenters. The number of hydrogen-bond donors (Lipinski definition) is 0. The molecule has 1 radical (unpaired) electrons. The fraction of sp³-hybridized carbons (Fsp3) is 1.00. The topological polar surface area (TPSA) is 0 Å². The Morgan fingerprint density at radius 3 is 1.00 bits per heavy atom. The van der Waals surface area contributed by atoms with Crippen LogP contribution in [0.2, 0.25) is 14.8 Å². The zero-order valence-corrected chi connectivity index (χ0v) is 6.76. The molecule has 5 heavy (non-hydrogen) atoms. The standard InChI is InChI=1S/3CH3.FH.Sn/h3*1H3;1H;. The summed E-state index contributed by atoms with van der Waals surface area (Å²) in [4.78, 5) is 7.09. The molecule has 0 aliphatic rings. The Hall–Kier alpha value is 0.729. The van der Waals surface area contributed by atoms with Crippen LogP contribution in [0, 0.1) is 0 Å². The number of rotatable bonds is 0. The molecule has 0 bridgehead atoms. The van der Waals surface area contributed by atoms with Gasteiger partial charge in [0.2, 0.25) is 0 Å². The molecule has 0 aliphatic carbocycles. The van der Waals surface area contributed by atoms with E-state index in [0.29, 0.717) is 0 Å². The van der Waals surface area contributed by atoms with Gasteiger partial charge >= 0.3 is 34.6 Å². The van der Waals surface area contributed by atoms with E-state index < -0.39 is 19.8 Å². The average molecular weight is 184 g/mol. The van der Waals surface area contributed by atoms with Crippen LogP contribution < -0.4 is 0 Å². The van der Waals surface area contributed by atoms with Gasteiger partial charge in [0.25, 0.3) is 0 Å². The molecule has 33 valence electrons. The van der Waals surface area contributed by atoms with E-state index in [4.69, 9.17) is 0 Å². The Morgan fingerprint density at radius 2 is 1.00 bits per heavy atom. The molecule has 0 spiro atoms. The van der Waals surface area contributed by atoms with Gasteiger partial charge in [0.1, 0.15) is 0 Å². The van der Waals surface area contributed by atoms with Crippen molar-refractivity contribution >= 4 is 19.8 Å². The summed E-state index contributed by atoms with van der Waals surface area (Å²) in [5.74, 6) is 0. The van der Waals surface area contributed by atoms with Crippen LogP contribution in [0.3, 0.4) is 0 Å². The number of hydrogen-bond acceptors (Lipinski definition) is 0. The third-order valence-electron chi connectivity index (χ3n) is 0. The Balaban J connectivity index is 0. The van der Waals surface area contributed by atoms with Gasteiger partial charge in [0.15, 0.2) is 0 Å². The SMILES string of the molecule is F.[CH3][Sn]([CH3])[CH3]. The molecular formula is C3H10FSn. The van der Waals surface area contributed by atoms with Crippen molar-refractivity contribution in [2.24, 2.45) is 0 Å². The average Bonchev–Trinajstić information content (AvgIpc) is 0.811. The Kier molecular flexibility index (Phi) is 8.71. The molecule has 0 atom stereocenters. The first-order valence-electron chi connectivity index (χ1n) is 1.50. The second-order valence-electron chi connectivity index (χ2n) is 1.50. The van der Waals surface area contributed by atoms with Crippen LogP contribution >= 0.6 is 0 Å². The van der Waals surface area contributed by atoms with Gasteiger partial charge in [-0.25, -0.2) is 0 Å². The van der Waals surface area contributed by atoms with Crippen molar-refractivity contribution in [3.8, 4) is 0 Å². The first-order valence-corrected chi connectivity index (χ1v) is 10.1. The molecule has 0 saturated heterocycles. The molecule has 0 nitrogen and oxygen atoms in total. The maximum absolute atomic E-state index is 2.36. The Bertz CT molecular complexity index is 11.6. The molecule has 2 heteroatoms. The molecule has 0 aromatic heterocycles. The summed E-state index contributed by atoms with van der Waals surface area (Å²) in [7, 11) is 0. The van der Waals surface area contributed by atoms with E-state index >= 15 is 0 Å². The Labute approximate surface area is 39.7 Å². The van der Waals surface area contributed by atoms with Crippen molar-refractivity contribution in [2.45, 2.75) is 14.8 Å². The fourth-order valence-corrected chi connectivity index (χ4v) is 0. The van der Waals surface area contributed by atoms with Crippen molar-refractivity contribution in [1.29, 1.82) is 0 Å².